The van der Waals surface area contributed by atoms with Gasteiger partial charge < -0.3 is 10.6 Å². The fraction of sp³-hybridized carbons (Fsp3) is 0.667. The topological polar surface area (TPSA) is 29.3 Å². The molecule has 0 unspecified atom stereocenters. The molecular formula is C6H12N2W. The quantitative estimate of drug-likeness (QED) is 0.654. The number of hydrogen-bond donors (Lipinski definition) is 1. The van der Waals surface area contributed by atoms with Crippen molar-refractivity contribution < 1.29 is 21.1 Å². The second-order valence-corrected chi connectivity index (χ2v) is 2.26. The van der Waals surface area contributed by atoms with E-state index in [1.54, 1.807) is 0 Å². The molecule has 52 valence electrons. The van der Waals surface area contributed by atoms with Gasteiger partial charge in [-0.05, 0) is 6.04 Å². The van der Waals surface area contributed by atoms with Gasteiger partial charge in [-0.25, -0.2) is 0 Å². The van der Waals surface area contributed by atoms with Gasteiger partial charge in [-0.15, -0.1) is 0 Å². The zero-order valence-electron chi connectivity index (χ0n) is 5.58. The van der Waals surface area contributed by atoms with Gasteiger partial charge >= 0.3 is 21.1 Å². The molecule has 1 aliphatic heterocycles. The molecule has 0 bridgehead atoms. The van der Waals surface area contributed by atoms with Crippen LogP contribution in [0.1, 0.15) is 12.8 Å². The Labute approximate surface area is 71.0 Å². The van der Waals surface area contributed by atoms with E-state index in [1.807, 2.05) is 7.05 Å². The molecule has 0 amide bonds. The number of nitrogens with zero attached hydrogens (tertiary/aromatic N) is 1. The molecule has 0 aromatic rings. The van der Waals surface area contributed by atoms with Crippen LogP contribution in [0.15, 0.2) is 0 Å². The Morgan fingerprint density at radius 1 is 1.44 bits per heavy atom. The maximum atomic E-state index is 5.61. The summed E-state index contributed by atoms with van der Waals surface area (Å²) in [6.07, 6.45) is 2.04. The van der Waals surface area contributed by atoms with E-state index in [-0.39, 0.29) is 21.1 Å². The van der Waals surface area contributed by atoms with Crippen LogP contribution in [0.5, 0.6) is 0 Å². The SMILES string of the molecule is CN1[CH-]CC(N)C[CH-]1.[W+2]. The first-order chi connectivity index (χ1) is 3.79. The predicted molar refractivity (Wildman–Crippen MR) is 33.6 cm³/mol. The molecule has 0 atom stereocenters. The summed E-state index contributed by atoms with van der Waals surface area (Å²) in [6.45, 7) is 4.21. The van der Waals surface area contributed by atoms with Crippen molar-refractivity contribution in [2.24, 2.45) is 5.73 Å². The number of nitrogens with two attached hydrogens (primary N) is 1. The van der Waals surface area contributed by atoms with Gasteiger partial charge in [0.15, 0.2) is 0 Å². The van der Waals surface area contributed by atoms with Crippen molar-refractivity contribution in [1.29, 1.82) is 0 Å². The van der Waals surface area contributed by atoms with E-state index < -0.39 is 0 Å². The van der Waals surface area contributed by atoms with Gasteiger partial charge in [0.2, 0.25) is 0 Å². The Balaban J connectivity index is 0.000000640. The van der Waals surface area contributed by atoms with Crippen LogP contribution in [0.3, 0.4) is 0 Å². The third-order valence-corrected chi connectivity index (χ3v) is 1.39. The van der Waals surface area contributed by atoms with Crippen molar-refractivity contribution in [2.45, 2.75) is 18.9 Å². The van der Waals surface area contributed by atoms with E-state index in [1.165, 1.54) is 0 Å². The molecular weight excluding hydrogens is 284 g/mol. The number of piperidine rings is 1. The summed E-state index contributed by atoms with van der Waals surface area (Å²) in [5, 5.41) is 0. The maximum Gasteiger partial charge on any atom is 2.00 e. The van der Waals surface area contributed by atoms with E-state index in [0.717, 1.165) is 12.8 Å². The monoisotopic (exact) mass is 296 g/mol. The standard InChI is InChI=1S/C6H12N2.W/c1-8-4-2-6(7)3-5-8;/h4-6H,2-3,7H2,1H3;/q-2;+2. The first-order valence-electron chi connectivity index (χ1n) is 2.93. The van der Waals surface area contributed by atoms with Crippen LogP contribution in [0, 0.1) is 13.1 Å². The molecule has 1 saturated heterocycles. The van der Waals surface area contributed by atoms with Gasteiger partial charge in [-0.3, -0.25) is 13.1 Å². The van der Waals surface area contributed by atoms with E-state index in [0.29, 0.717) is 6.04 Å². The van der Waals surface area contributed by atoms with Crippen LogP contribution in [-0.4, -0.2) is 18.0 Å². The van der Waals surface area contributed by atoms with Crippen molar-refractivity contribution in [2.75, 3.05) is 7.05 Å². The summed E-state index contributed by atoms with van der Waals surface area (Å²) >= 11 is 0. The molecule has 1 rings (SSSR count). The molecule has 0 saturated carbocycles. The van der Waals surface area contributed by atoms with Gasteiger partial charge in [0.25, 0.3) is 0 Å². The summed E-state index contributed by atoms with van der Waals surface area (Å²) in [4.78, 5) is 2.07. The third-order valence-electron chi connectivity index (χ3n) is 1.39. The summed E-state index contributed by atoms with van der Waals surface area (Å²) in [5.41, 5.74) is 5.61. The van der Waals surface area contributed by atoms with Gasteiger partial charge in [0, 0.05) is 0 Å². The minimum Gasteiger partial charge on any atom is -0.607 e. The minimum atomic E-state index is 0. The molecule has 0 radical (unpaired) electrons. The van der Waals surface area contributed by atoms with Crippen LogP contribution >= 0.6 is 0 Å². The van der Waals surface area contributed by atoms with Gasteiger partial charge in [0.1, 0.15) is 0 Å². The summed E-state index contributed by atoms with van der Waals surface area (Å²) in [7, 11) is 2.03. The van der Waals surface area contributed by atoms with Crippen LogP contribution in [0.2, 0.25) is 0 Å². The first kappa shape index (κ1) is 9.61. The Morgan fingerprint density at radius 3 is 2.22 bits per heavy atom. The molecule has 0 aliphatic carbocycles. The Morgan fingerprint density at radius 2 is 1.89 bits per heavy atom. The molecule has 1 heterocycles. The molecule has 2 N–H and O–H groups in total. The maximum absolute atomic E-state index is 5.61. The van der Waals surface area contributed by atoms with Crippen LogP contribution < -0.4 is 5.73 Å². The van der Waals surface area contributed by atoms with Crippen molar-refractivity contribution in [3.05, 3.63) is 13.1 Å². The van der Waals surface area contributed by atoms with Crippen molar-refractivity contribution >= 4 is 0 Å². The smallest absolute Gasteiger partial charge is 0.607 e. The number of likely N-dealkylation sites (tertiary alicyclic amines) is 1. The largest absolute Gasteiger partial charge is 2.00 e. The molecule has 3 heteroatoms. The van der Waals surface area contributed by atoms with E-state index >= 15 is 0 Å². The van der Waals surface area contributed by atoms with Crippen LogP contribution in [0.4, 0.5) is 0 Å². The Bertz CT molecular complexity index is 59.5. The first-order valence-corrected chi connectivity index (χ1v) is 2.93. The minimum absolute atomic E-state index is 0. The third kappa shape index (κ3) is 3.34. The zero-order chi connectivity index (χ0) is 5.98. The van der Waals surface area contributed by atoms with Crippen LogP contribution in [-0.2, 0) is 21.1 Å². The van der Waals surface area contributed by atoms with Gasteiger partial charge in [-0.2, -0.15) is 12.8 Å². The molecule has 1 fully saturated rings. The predicted octanol–water partition coefficient (Wildman–Crippen LogP) is 0.360. The molecule has 0 spiro atoms. The molecule has 0 aromatic carbocycles. The number of rotatable bonds is 0. The summed E-state index contributed by atoms with van der Waals surface area (Å²) in [6, 6.07) is 0.367. The van der Waals surface area contributed by atoms with Crippen molar-refractivity contribution in [1.82, 2.24) is 4.90 Å². The Hall–Kier alpha value is 0.608. The average molecular weight is 296 g/mol. The van der Waals surface area contributed by atoms with E-state index in [4.69, 9.17) is 5.73 Å². The fourth-order valence-corrected chi connectivity index (χ4v) is 0.774. The van der Waals surface area contributed by atoms with Crippen molar-refractivity contribution in [3.63, 3.8) is 0 Å². The van der Waals surface area contributed by atoms with Gasteiger partial charge in [0.05, 0.1) is 0 Å². The normalized spacial score (nSPS) is 23.3. The van der Waals surface area contributed by atoms with E-state index in [2.05, 4.69) is 18.0 Å². The summed E-state index contributed by atoms with van der Waals surface area (Å²) in [5.74, 6) is 0. The second kappa shape index (κ2) is 4.43. The van der Waals surface area contributed by atoms with E-state index in [9.17, 15) is 0 Å². The molecule has 0 aromatic heterocycles. The zero-order valence-corrected chi connectivity index (χ0v) is 8.51. The number of hydrogen-bond acceptors (Lipinski definition) is 2. The molecule has 1 aliphatic rings. The molecule has 9 heavy (non-hydrogen) atoms. The van der Waals surface area contributed by atoms with Crippen LogP contribution in [0.25, 0.3) is 0 Å². The summed E-state index contributed by atoms with van der Waals surface area (Å²) < 4.78 is 0. The Kier molecular flexibility index (Phi) is 4.73. The fourth-order valence-electron chi connectivity index (χ4n) is 0.774. The average Bonchev–Trinajstić information content (AvgIpc) is 1.77. The molecule has 2 nitrogen and oxygen atoms in total. The second-order valence-electron chi connectivity index (χ2n) is 2.26. The van der Waals surface area contributed by atoms with Gasteiger partial charge in [-0.1, -0.05) is 7.05 Å². The van der Waals surface area contributed by atoms with Crippen molar-refractivity contribution in [3.8, 4) is 0 Å².